The van der Waals surface area contributed by atoms with Crippen LogP contribution in [-0.4, -0.2) is 6.04 Å². The molecule has 1 aromatic carbocycles. The van der Waals surface area contributed by atoms with Crippen LogP contribution in [0.25, 0.3) is 0 Å². The Hall–Kier alpha value is -1.04. The molecule has 1 aliphatic carbocycles. The molecule has 0 heterocycles. The fourth-order valence-electron chi connectivity index (χ4n) is 1.32. The maximum Gasteiger partial charge on any atom is 0.0991 e. The summed E-state index contributed by atoms with van der Waals surface area (Å²) in [6.45, 7) is 0.763. The van der Waals surface area contributed by atoms with Crippen LogP contribution in [-0.2, 0) is 6.54 Å². The molecule has 0 aliphatic heterocycles. The molecule has 1 fully saturated rings. The smallest absolute Gasteiger partial charge is 0.0991 e. The number of nitrogens with one attached hydrogen (secondary N) is 1. The number of rotatable bonds is 3. The highest BCUT2D eigenvalue weighted by molar-refractivity contribution is 6.31. The molecule has 0 saturated heterocycles. The molecule has 0 bridgehead atoms. The van der Waals surface area contributed by atoms with Gasteiger partial charge in [-0.25, -0.2) is 0 Å². The van der Waals surface area contributed by atoms with Gasteiger partial charge in [-0.05, 0) is 36.6 Å². The predicted octanol–water partition coefficient (Wildman–Crippen LogP) is 2.46. The Morgan fingerprint density at radius 2 is 2.29 bits per heavy atom. The molecule has 72 valence electrons. The first-order valence-electron chi connectivity index (χ1n) is 4.71. The molecule has 1 N–H and O–H groups in total. The van der Waals surface area contributed by atoms with Crippen LogP contribution in [0.15, 0.2) is 18.2 Å². The van der Waals surface area contributed by atoms with Gasteiger partial charge in [0.2, 0.25) is 0 Å². The van der Waals surface area contributed by atoms with Crippen LogP contribution in [0.5, 0.6) is 0 Å². The van der Waals surface area contributed by atoms with Gasteiger partial charge in [0, 0.05) is 17.6 Å². The van der Waals surface area contributed by atoms with E-state index in [1.54, 1.807) is 12.1 Å². The van der Waals surface area contributed by atoms with E-state index in [1.807, 2.05) is 6.07 Å². The summed E-state index contributed by atoms with van der Waals surface area (Å²) in [7, 11) is 0. The van der Waals surface area contributed by atoms with Crippen LogP contribution in [0.4, 0.5) is 0 Å². The number of nitriles is 1. The van der Waals surface area contributed by atoms with E-state index in [0.717, 1.165) is 17.1 Å². The number of hydrogen-bond donors (Lipinski definition) is 1. The quantitative estimate of drug-likeness (QED) is 0.825. The van der Waals surface area contributed by atoms with Gasteiger partial charge in [-0.3, -0.25) is 0 Å². The van der Waals surface area contributed by atoms with Gasteiger partial charge < -0.3 is 5.32 Å². The third-order valence-electron chi connectivity index (χ3n) is 2.33. The summed E-state index contributed by atoms with van der Waals surface area (Å²) in [5, 5.41) is 12.8. The second kappa shape index (κ2) is 4.00. The van der Waals surface area contributed by atoms with Crippen LogP contribution >= 0.6 is 11.6 Å². The second-order valence-electron chi connectivity index (χ2n) is 3.57. The van der Waals surface area contributed by atoms with Crippen molar-refractivity contribution < 1.29 is 0 Å². The minimum Gasteiger partial charge on any atom is -0.310 e. The van der Waals surface area contributed by atoms with Gasteiger partial charge in [0.15, 0.2) is 0 Å². The van der Waals surface area contributed by atoms with Crippen LogP contribution in [0.2, 0.25) is 5.02 Å². The van der Waals surface area contributed by atoms with Gasteiger partial charge in [0.25, 0.3) is 0 Å². The summed E-state index contributed by atoms with van der Waals surface area (Å²) in [5.74, 6) is 0. The molecule has 14 heavy (non-hydrogen) atoms. The average molecular weight is 207 g/mol. The molecule has 0 spiro atoms. The molecule has 1 aliphatic rings. The Labute approximate surface area is 88.5 Å². The highest BCUT2D eigenvalue weighted by Gasteiger charge is 2.20. The van der Waals surface area contributed by atoms with Gasteiger partial charge in [-0.15, -0.1) is 0 Å². The summed E-state index contributed by atoms with van der Waals surface area (Å²) in [4.78, 5) is 0. The fourth-order valence-corrected chi connectivity index (χ4v) is 1.51. The minimum absolute atomic E-state index is 0.664. The van der Waals surface area contributed by atoms with Crippen molar-refractivity contribution >= 4 is 11.6 Å². The first-order valence-corrected chi connectivity index (χ1v) is 5.09. The van der Waals surface area contributed by atoms with Crippen molar-refractivity contribution in [2.75, 3.05) is 0 Å². The van der Waals surface area contributed by atoms with Gasteiger partial charge in [0.05, 0.1) is 11.6 Å². The summed E-state index contributed by atoms with van der Waals surface area (Å²) in [5.41, 5.74) is 1.68. The number of halogens is 1. The molecule has 0 atom stereocenters. The van der Waals surface area contributed by atoms with Crippen LogP contribution in [0.3, 0.4) is 0 Å². The molecular weight excluding hydrogens is 196 g/mol. The van der Waals surface area contributed by atoms with E-state index < -0.39 is 0 Å². The second-order valence-corrected chi connectivity index (χ2v) is 3.98. The number of hydrogen-bond acceptors (Lipinski definition) is 2. The number of benzene rings is 1. The standard InChI is InChI=1S/C11H11ClN2/c12-11-4-1-8(6-13)5-9(11)7-14-10-2-3-10/h1,4-5,10,14H,2-3,7H2. The van der Waals surface area contributed by atoms with Crippen molar-refractivity contribution in [1.29, 1.82) is 5.26 Å². The topological polar surface area (TPSA) is 35.8 Å². The lowest BCUT2D eigenvalue weighted by Crippen LogP contribution is -2.15. The Morgan fingerprint density at radius 3 is 2.93 bits per heavy atom. The molecule has 0 unspecified atom stereocenters. The van der Waals surface area contributed by atoms with E-state index in [1.165, 1.54) is 12.8 Å². The Kier molecular flexibility index (Phi) is 2.72. The summed E-state index contributed by atoms with van der Waals surface area (Å²) in [6, 6.07) is 8.14. The summed E-state index contributed by atoms with van der Waals surface area (Å²) < 4.78 is 0. The van der Waals surface area contributed by atoms with Crippen molar-refractivity contribution in [2.24, 2.45) is 0 Å². The lowest BCUT2D eigenvalue weighted by molar-refractivity contribution is 0.688. The molecular formula is C11H11ClN2. The first kappa shape index (κ1) is 9.51. The molecule has 1 saturated carbocycles. The van der Waals surface area contributed by atoms with Crippen molar-refractivity contribution in [3.8, 4) is 6.07 Å². The van der Waals surface area contributed by atoms with E-state index in [-0.39, 0.29) is 0 Å². The van der Waals surface area contributed by atoms with E-state index >= 15 is 0 Å². The molecule has 0 aromatic heterocycles. The van der Waals surface area contributed by atoms with Gasteiger partial charge in [-0.1, -0.05) is 11.6 Å². The van der Waals surface area contributed by atoms with Crippen LogP contribution < -0.4 is 5.32 Å². The van der Waals surface area contributed by atoms with Crippen molar-refractivity contribution in [3.63, 3.8) is 0 Å². The Balaban J connectivity index is 2.09. The molecule has 0 amide bonds. The normalized spacial score (nSPS) is 15.1. The maximum atomic E-state index is 8.73. The molecule has 3 heteroatoms. The summed E-state index contributed by atoms with van der Waals surface area (Å²) in [6.07, 6.45) is 2.52. The minimum atomic E-state index is 0.664. The third kappa shape index (κ3) is 2.25. The fraction of sp³-hybridized carbons (Fsp3) is 0.364. The first-order chi connectivity index (χ1) is 6.79. The largest absolute Gasteiger partial charge is 0.310 e. The lowest BCUT2D eigenvalue weighted by Gasteiger charge is -2.05. The van der Waals surface area contributed by atoms with Gasteiger partial charge in [0.1, 0.15) is 0 Å². The zero-order chi connectivity index (χ0) is 9.97. The van der Waals surface area contributed by atoms with Gasteiger partial charge in [-0.2, -0.15) is 5.26 Å². The van der Waals surface area contributed by atoms with Crippen molar-refractivity contribution in [3.05, 3.63) is 34.3 Å². The highest BCUT2D eigenvalue weighted by Crippen LogP contribution is 2.22. The van der Waals surface area contributed by atoms with Crippen LogP contribution in [0.1, 0.15) is 24.0 Å². The third-order valence-corrected chi connectivity index (χ3v) is 2.70. The van der Waals surface area contributed by atoms with E-state index in [9.17, 15) is 0 Å². The highest BCUT2D eigenvalue weighted by atomic mass is 35.5. The SMILES string of the molecule is N#Cc1ccc(Cl)c(CNC2CC2)c1. The van der Waals surface area contributed by atoms with Crippen molar-refractivity contribution in [2.45, 2.75) is 25.4 Å². The lowest BCUT2D eigenvalue weighted by atomic mass is 10.1. The monoisotopic (exact) mass is 206 g/mol. The molecule has 2 nitrogen and oxygen atoms in total. The summed E-state index contributed by atoms with van der Waals surface area (Å²) >= 11 is 6.01. The average Bonchev–Trinajstić information content (AvgIpc) is 3.00. The van der Waals surface area contributed by atoms with E-state index in [0.29, 0.717) is 11.6 Å². The van der Waals surface area contributed by atoms with Crippen LogP contribution in [0, 0.1) is 11.3 Å². The predicted molar refractivity (Wildman–Crippen MR) is 56.0 cm³/mol. The van der Waals surface area contributed by atoms with E-state index in [4.69, 9.17) is 16.9 Å². The zero-order valence-electron chi connectivity index (χ0n) is 7.76. The van der Waals surface area contributed by atoms with Gasteiger partial charge >= 0.3 is 0 Å². The van der Waals surface area contributed by atoms with E-state index in [2.05, 4.69) is 11.4 Å². The van der Waals surface area contributed by atoms with Crippen molar-refractivity contribution in [1.82, 2.24) is 5.32 Å². The molecule has 1 aromatic rings. The Bertz CT molecular complexity index is 377. The Morgan fingerprint density at radius 1 is 1.50 bits per heavy atom. The maximum absolute atomic E-state index is 8.73. The number of nitrogens with zero attached hydrogens (tertiary/aromatic N) is 1. The molecule has 0 radical (unpaired) electrons. The molecule has 2 rings (SSSR count). The zero-order valence-corrected chi connectivity index (χ0v) is 8.51.